The molecule has 3 aromatic carbocycles. The summed E-state index contributed by atoms with van der Waals surface area (Å²) in [7, 11) is 1.60. The molecule has 0 aliphatic heterocycles. The number of thioether (sulfide) groups is 1. The molecule has 12 heteroatoms. The number of nitrogens with one attached hydrogen (secondary N) is 1. The van der Waals surface area contributed by atoms with Crippen LogP contribution in [0.15, 0.2) is 83.1 Å². The highest BCUT2D eigenvalue weighted by molar-refractivity contribution is 7.99. The van der Waals surface area contributed by atoms with Crippen molar-refractivity contribution in [3.8, 4) is 28.6 Å². The second-order valence-electron chi connectivity index (χ2n) is 7.65. The molecule has 0 fully saturated rings. The number of hydrazone groups is 1. The molecular weight excluding hydrogens is 530 g/mol. The number of para-hydroxylation sites is 1. The molecule has 1 aromatic heterocycles. The lowest BCUT2D eigenvalue weighted by Crippen LogP contribution is -2.20. The third-order valence-corrected chi connectivity index (χ3v) is 6.24. The molecule has 0 bridgehead atoms. The largest absolute Gasteiger partial charge is 0.497 e. The van der Waals surface area contributed by atoms with E-state index in [9.17, 15) is 9.59 Å². The van der Waals surface area contributed by atoms with Crippen molar-refractivity contribution in [2.24, 2.45) is 5.10 Å². The molecule has 0 spiro atoms. The van der Waals surface area contributed by atoms with Gasteiger partial charge in [-0.05, 0) is 60.7 Å². The van der Waals surface area contributed by atoms with Crippen LogP contribution in [0.1, 0.15) is 5.56 Å². The maximum atomic E-state index is 12.5. The number of halogens is 1. The van der Waals surface area contributed by atoms with Crippen LogP contribution in [0.25, 0.3) is 17.1 Å². The van der Waals surface area contributed by atoms with Gasteiger partial charge in [0.25, 0.3) is 5.91 Å². The molecule has 0 saturated carbocycles. The van der Waals surface area contributed by atoms with Crippen LogP contribution in [0.3, 0.4) is 0 Å². The van der Waals surface area contributed by atoms with Gasteiger partial charge in [0, 0.05) is 21.8 Å². The molecule has 0 aliphatic rings. The van der Waals surface area contributed by atoms with Crippen molar-refractivity contribution < 1.29 is 24.2 Å². The van der Waals surface area contributed by atoms with Crippen molar-refractivity contribution in [1.29, 1.82) is 0 Å². The van der Waals surface area contributed by atoms with Gasteiger partial charge in [-0.1, -0.05) is 35.5 Å². The van der Waals surface area contributed by atoms with Gasteiger partial charge in [0.1, 0.15) is 11.5 Å². The summed E-state index contributed by atoms with van der Waals surface area (Å²) in [5.41, 5.74) is 4.58. The zero-order chi connectivity index (χ0) is 26.9. The van der Waals surface area contributed by atoms with E-state index in [0.29, 0.717) is 33.1 Å². The lowest BCUT2D eigenvalue weighted by molar-refractivity contribution is -0.139. The first-order valence-electron chi connectivity index (χ1n) is 11.2. The van der Waals surface area contributed by atoms with Crippen molar-refractivity contribution in [3.63, 3.8) is 0 Å². The number of carbonyl (C=O) groups is 2. The second kappa shape index (κ2) is 12.7. The number of carboxylic acids is 1. The van der Waals surface area contributed by atoms with Crippen LogP contribution in [-0.4, -0.2) is 57.4 Å². The number of amides is 1. The number of hydrogen-bond donors (Lipinski definition) is 2. The Labute approximate surface area is 227 Å². The minimum absolute atomic E-state index is 0.0167. The summed E-state index contributed by atoms with van der Waals surface area (Å²) in [5, 5.41) is 22.6. The first kappa shape index (κ1) is 26.7. The Morgan fingerprint density at radius 3 is 2.53 bits per heavy atom. The third-order valence-electron chi connectivity index (χ3n) is 5.06. The number of methoxy groups -OCH3 is 1. The Morgan fingerprint density at radius 2 is 1.82 bits per heavy atom. The minimum atomic E-state index is -1.09. The molecule has 1 amide bonds. The van der Waals surface area contributed by atoms with E-state index in [2.05, 4.69) is 20.7 Å². The van der Waals surface area contributed by atoms with Crippen LogP contribution in [0.2, 0.25) is 5.02 Å². The highest BCUT2D eigenvalue weighted by Gasteiger charge is 2.17. The van der Waals surface area contributed by atoms with E-state index in [0.717, 1.165) is 11.3 Å². The number of hydrogen-bond acceptors (Lipinski definition) is 8. The maximum absolute atomic E-state index is 12.5. The summed E-state index contributed by atoms with van der Waals surface area (Å²) >= 11 is 7.27. The fourth-order valence-corrected chi connectivity index (χ4v) is 4.18. The van der Waals surface area contributed by atoms with Crippen molar-refractivity contribution in [2.45, 2.75) is 5.16 Å². The molecular formula is C26H22ClN5O5S. The summed E-state index contributed by atoms with van der Waals surface area (Å²) in [6.45, 7) is -0.485. The standard InChI is InChI=1S/C26H22ClN5O5S/c1-36-21-12-6-17(7-13-21)25-30-31-26(32(25)20-10-8-19(27)9-11-20)38-16-23(33)29-28-14-18-4-2-3-5-22(18)37-15-24(34)35/h2-14H,15-16H2,1H3,(H,29,33)(H,34,35)/b28-14-. The number of ether oxygens (including phenoxy) is 2. The van der Waals surface area contributed by atoms with Gasteiger partial charge in [-0.25, -0.2) is 10.2 Å². The lowest BCUT2D eigenvalue weighted by Gasteiger charge is -2.11. The number of benzene rings is 3. The summed E-state index contributed by atoms with van der Waals surface area (Å²) in [6, 6.07) is 21.4. The van der Waals surface area contributed by atoms with E-state index < -0.39 is 12.6 Å². The number of carbonyl (C=O) groups excluding carboxylic acids is 1. The molecule has 2 N–H and O–H groups in total. The Kier molecular flexibility index (Phi) is 8.96. The Balaban J connectivity index is 1.47. The normalized spacial score (nSPS) is 10.9. The molecule has 38 heavy (non-hydrogen) atoms. The fourth-order valence-electron chi connectivity index (χ4n) is 3.31. The first-order valence-corrected chi connectivity index (χ1v) is 12.5. The van der Waals surface area contributed by atoms with Crippen LogP contribution in [0.5, 0.6) is 11.5 Å². The molecule has 0 aliphatic carbocycles. The Hall–Kier alpha value is -4.35. The van der Waals surface area contributed by atoms with Gasteiger partial charge in [-0.2, -0.15) is 5.10 Å². The summed E-state index contributed by atoms with van der Waals surface area (Å²) < 4.78 is 12.3. The van der Waals surface area contributed by atoms with Crippen molar-refractivity contribution in [2.75, 3.05) is 19.5 Å². The van der Waals surface area contributed by atoms with Gasteiger partial charge < -0.3 is 14.6 Å². The predicted molar refractivity (Wildman–Crippen MR) is 144 cm³/mol. The van der Waals surface area contributed by atoms with Gasteiger partial charge in [0.2, 0.25) is 0 Å². The average Bonchev–Trinajstić information content (AvgIpc) is 3.35. The van der Waals surface area contributed by atoms with Crippen molar-refractivity contribution in [1.82, 2.24) is 20.2 Å². The Morgan fingerprint density at radius 1 is 1.08 bits per heavy atom. The fraction of sp³-hybridized carbons (Fsp3) is 0.115. The first-order chi connectivity index (χ1) is 18.4. The SMILES string of the molecule is COc1ccc(-c2nnc(SCC(=O)N/N=C\c3ccccc3OCC(=O)O)n2-c2ccc(Cl)cc2)cc1. The molecule has 10 nitrogen and oxygen atoms in total. The molecule has 4 aromatic rings. The maximum Gasteiger partial charge on any atom is 0.341 e. The Bertz CT molecular complexity index is 1440. The highest BCUT2D eigenvalue weighted by atomic mass is 35.5. The van der Waals surface area contributed by atoms with Crippen LogP contribution in [0, 0.1) is 0 Å². The summed E-state index contributed by atoms with van der Waals surface area (Å²) in [4.78, 5) is 23.3. The van der Waals surface area contributed by atoms with Gasteiger partial charge >= 0.3 is 5.97 Å². The topological polar surface area (TPSA) is 128 Å². The molecule has 194 valence electrons. The summed E-state index contributed by atoms with van der Waals surface area (Å²) in [5.74, 6) is 0.200. The van der Waals surface area contributed by atoms with Crippen LogP contribution in [0.4, 0.5) is 0 Å². The smallest absolute Gasteiger partial charge is 0.341 e. The van der Waals surface area contributed by atoms with E-state index in [1.54, 1.807) is 43.5 Å². The predicted octanol–water partition coefficient (Wildman–Crippen LogP) is 4.30. The van der Waals surface area contributed by atoms with Gasteiger partial charge in [-0.15, -0.1) is 10.2 Å². The van der Waals surface area contributed by atoms with Crippen LogP contribution in [-0.2, 0) is 9.59 Å². The van der Waals surface area contributed by atoms with Crippen molar-refractivity contribution in [3.05, 3.63) is 83.4 Å². The van der Waals surface area contributed by atoms with E-state index in [1.165, 1.54) is 18.0 Å². The zero-order valence-corrected chi connectivity index (χ0v) is 21.6. The molecule has 0 radical (unpaired) electrons. The average molecular weight is 552 g/mol. The van der Waals surface area contributed by atoms with Gasteiger partial charge in [0.15, 0.2) is 17.6 Å². The highest BCUT2D eigenvalue weighted by Crippen LogP contribution is 2.29. The number of nitrogens with zero attached hydrogens (tertiary/aromatic N) is 4. The molecule has 0 saturated heterocycles. The number of carboxylic acid groups (broad SMARTS) is 1. The summed E-state index contributed by atoms with van der Waals surface area (Å²) in [6.07, 6.45) is 1.39. The van der Waals surface area contributed by atoms with Gasteiger partial charge in [0.05, 0.1) is 19.1 Å². The van der Waals surface area contributed by atoms with E-state index in [4.69, 9.17) is 26.2 Å². The van der Waals surface area contributed by atoms with E-state index in [1.807, 2.05) is 41.0 Å². The minimum Gasteiger partial charge on any atom is -0.497 e. The monoisotopic (exact) mass is 551 g/mol. The van der Waals surface area contributed by atoms with Crippen LogP contribution < -0.4 is 14.9 Å². The number of aliphatic carboxylic acids is 1. The van der Waals surface area contributed by atoms with E-state index >= 15 is 0 Å². The van der Waals surface area contributed by atoms with Crippen LogP contribution >= 0.6 is 23.4 Å². The lowest BCUT2D eigenvalue weighted by atomic mass is 10.2. The van der Waals surface area contributed by atoms with Gasteiger partial charge in [-0.3, -0.25) is 9.36 Å². The third kappa shape index (κ3) is 6.90. The second-order valence-corrected chi connectivity index (χ2v) is 9.03. The number of rotatable bonds is 11. The molecule has 4 rings (SSSR count). The van der Waals surface area contributed by atoms with E-state index in [-0.39, 0.29) is 11.7 Å². The molecule has 1 heterocycles. The number of aromatic nitrogens is 3. The zero-order valence-electron chi connectivity index (χ0n) is 20.1. The molecule has 0 atom stereocenters. The molecule has 0 unspecified atom stereocenters. The quantitative estimate of drug-likeness (QED) is 0.160. The van der Waals surface area contributed by atoms with Crippen molar-refractivity contribution >= 4 is 41.5 Å².